The molecule has 0 aromatic rings. The molecule has 3 N–H and O–H groups in total. The summed E-state index contributed by atoms with van der Waals surface area (Å²) in [6, 6.07) is 0. The van der Waals surface area contributed by atoms with Gasteiger partial charge in [-0.15, -0.1) is 0 Å². The van der Waals surface area contributed by atoms with Gasteiger partial charge in [-0.3, -0.25) is 4.79 Å². The predicted molar refractivity (Wildman–Crippen MR) is 141 cm³/mol. The normalized spacial score (nSPS) is 32.6. The van der Waals surface area contributed by atoms with Crippen LogP contribution in [0.5, 0.6) is 0 Å². The van der Waals surface area contributed by atoms with Crippen molar-refractivity contribution in [3.8, 4) is 0 Å². The van der Waals surface area contributed by atoms with Crippen LogP contribution in [0.3, 0.4) is 0 Å². The van der Waals surface area contributed by atoms with E-state index in [1.165, 1.54) is 6.08 Å². The van der Waals surface area contributed by atoms with Crippen LogP contribution in [-0.4, -0.2) is 71.2 Å². The summed E-state index contributed by atoms with van der Waals surface area (Å²) in [6.07, 6.45) is 5.29. The third-order valence-corrected chi connectivity index (χ3v) is 9.19. The molecule has 0 aromatic carbocycles. The summed E-state index contributed by atoms with van der Waals surface area (Å²) in [5, 5.41) is 31.3. The van der Waals surface area contributed by atoms with Crippen LogP contribution in [0.1, 0.15) is 53.4 Å². The zero-order valence-corrected chi connectivity index (χ0v) is 23.6. The van der Waals surface area contributed by atoms with E-state index in [2.05, 4.69) is 0 Å². The summed E-state index contributed by atoms with van der Waals surface area (Å²) in [6.45, 7) is 6.71. The zero-order valence-electron chi connectivity index (χ0n) is 23.6. The Bertz CT molecular complexity index is 1150. The van der Waals surface area contributed by atoms with E-state index in [0.29, 0.717) is 12.0 Å². The molecule has 0 amide bonds. The Morgan fingerprint density at radius 3 is 2.42 bits per heavy atom. The van der Waals surface area contributed by atoms with Gasteiger partial charge in [0.05, 0.1) is 23.7 Å². The van der Waals surface area contributed by atoms with Crippen molar-refractivity contribution in [1.82, 2.24) is 0 Å². The van der Waals surface area contributed by atoms with Crippen LogP contribution in [0, 0.1) is 41.4 Å². The molecule has 2 aliphatic heterocycles. The number of esters is 3. The van der Waals surface area contributed by atoms with E-state index in [4.69, 9.17) is 14.2 Å². The molecule has 10 nitrogen and oxygen atoms in total. The molecule has 6 unspecified atom stereocenters. The number of fused-ring (bicyclic) bond motifs is 1. The molecule has 2 aliphatic carbocycles. The Morgan fingerprint density at radius 2 is 1.80 bits per heavy atom. The molecule has 1 saturated carbocycles. The number of rotatable bonds is 8. The molecule has 0 spiro atoms. The van der Waals surface area contributed by atoms with E-state index in [1.54, 1.807) is 6.08 Å². The van der Waals surface area contributed by atoms with Gasteiger partial charge in [0, 0.05) is 11.5 Å². The van der Waals surface area contributed by atoms with Crippen molar-refractivity contribution in [1.29, 1.82) is 0 Å². The highest BCUT2D eigenvalue weighted by Crippen LogP contribution is 2.48. The number of aliphatic hydroxyl groups excluding tert-OH is 1. The molecule has 1 fully saturated rings. The molecule has 40 heavy (non-hydrogen) atoms. The SMILES string of the molecule is CC(C)C1CCC2=C(C(=O)OC2)C1C=C(CO)C(=O)OCC1(O)CCC(C(C)C)C2C=C(C(=O)O)COC(=O)C21. The molecule has 4 rings (SSSR count). The summed E-state index contributed by atoms with van der Waals surface area (Å²) in [7, 11) is 0. The van der Waals surface area contributed by atoms with Crippen molar-refractivity contribution in [2.45, 2.75) is 59.0 Å². The molecule has 4 aliphatic rings. The van der Waals surface area contributed by atoms with Crippen LogP contribution in [0.2, 0.25) is 0 Å². The van der Waals surface area contributed by atoms with Gasteiger partial charge >= 0.3 is 23.9 Å². The summed E-state index contributed by atoms with van der Waals surface area (Å²) >= 11 is 0. The highest BCUT2D eigenvalue weighted by molar-refractivity contribution is 5.94. The minimum absolute atomic E-state index is 0.0448. The van der Waals surface area contributed by atoms with E-state index < -0.39 is 67.1 Å². The maximum absolute atomic E-state index is 13.2. The number of hydrogen-bond acceptors (Lipinski definition) is 9. The van der Waals surface area contributed by atoms with Crippen LogP contribution in [0.4, 0.5) is 0 Å². The Labute approximate surface area is 234 Å². The second-order valence-corrected chi connectivity index (χ2v) is 12.2. The minimum atomic E-state index is -1.79. The van der Waals surface area contributed by atoms with Crippen LogP contribution in [0.15, 0.2) is 34.4 Å². The minimum Gasteiger partial charge on any atom is -0.478 e. The number of hydrogen-bond donors (Lipinski definition) is 3. The maximum Gasteiger partial charge on any atom is 0.336 e. The molecule has 6 atom stereocenters. The number of carbonyl (C=O) groups is 4. The van der Waals surface area contributed by atoms with Gasteiger partial charge in [0.1, 0.15) is 25.4 Å². The molecule has 2 heterocycles. The van der Waals surface area contributed by atoms with Crippen LogP contribution in [-0.2, 0) is 33.4 Å². The standard InChI is InChI=1S/C30H40O10/c1-15(2)20-6-5-17-12-38-28(35)24(17)22(20)9-18(11-31)27(34)40-14-30(37)8-7-21(16(3)4)23-10-19(26(32)33)13-39-29(36)25(23)30/h9-10,15-16,20-23,25,31,37H,5-8,11-14H2,1-4H3,(H,32,33). The quantitative estimate of drug-likeness (QED) is 0.229. The highest BCUT2D eigenvalue weighted by Gasteiger charge is 2.54. The van der Waals surface area contributed by atoms with Gasteiger partial charge < -0.3 is 29.5 Å². The average Bonchev–Trinajstić information content (AvgIpc) is 3.18. The number of allylic oxidation sites excluding steroid dienone is 2. The van der Waals surface area contributed by atoms with E-state index in [-0.39, 0.29) is 47.8 Å². The average molecular weight is 561 g/mol. The van der Waals surface area contributed by atoms with Crippen LogP contribution >= 0.6 is 0 Å². The second-order valence-electron chi connectivity index (χ2n) is 12.2. The van der Waals surface area contributed by atoms with Crippen molar-refractivity contribution in [2.24, 2.45) is 41.4 Å². The van der Waals surface area contributed by atoms with Gasteiger partial charge in [-0.25, -0.2) is 14.4 Å². The molecule has 0 saturated heterocycles. The van der Waals surface area contributed by atoms with E-state index >= 15 is 0 Å². The fourth-order valence-corrected chi connectivity index (χ4v) is 6.96. The summed E-state index contributed by atoms with van der Waals surface area (Å²) in [5.41, 5.74) is -0.429. The van der Waals surface area contributed by atoms with Crippen molar-refractivity contribution in [2.75, 3.05) is 26.4 Å². The number of ether oxygens (including phenoxy) is 3. The van der Waals surface area contributed by atoms with Crippen molar-refractivity contribution in [3.63, 3.8) is 0 Å². The third-order valence-electron chi connectivity index (χ3n) is 9.19. The lowest BCUT2D eigenvalue weighted by atomic mass is 9.61. The number of carbonyl (C=O) groups excluding carboxylic acids is 3. The van der Waals surface area contributed by atoms with E-state index in [1.807, 2.05) is 27.7 Å². The molecule has 0 bridgehead atoms. The molecule has 0 radical (unpaired) electrons. The zero-order chi connectivity index (χ0) is 29.4. The fourth-order valence-electron chi connectivity index (χ4n) is 6.96. The van der Waals surface area contributed by atoms with Crippen molar-refractivity contribution >= 4 is 23.9 Å². The molecular weight excluding hydrogens is 520 g/mol. The first-order valence-corrected chi connectivity index (χ1v) is 14.1. The van der Waals surface area contributed by atoms with Gasteiger partial charge in [-0.2, -0.15) is 0 Å². The number of aliphatic carboxylic acids is 1. The van der Waals surface area contributed by atoms with Gasteiger partial charge in [0.2, 0.25) is 0 Å². The topological polar surface area (TPSA) is 157 Å². The number of aliphatic hydroxyl groups is 2. The second kappa shape index (κ2) is 11.9. The van der Waals surface area contributed by atoms with Gasteiger partial charge in [-0.1, -0.05) is 39.8 Å². The number of carboxylic acid groups (broad SMARTS) is 1. The van der Waals surface area contributed by atoms with Crippen LogP contribution < -0.4 is 0 Å². The first-order chi connectivity index (χ1) is 18.9. The maximum atomic E-state index is 13.2. The Balaban J connectivity index is 1.58. The molecule has 10 heteroatoms. The third kappa shape index (κ3) is 5.74. The Hall–Kier alpha value is -2.98. The Morgan fingerprint density at radius 1 is 1.10 bits per heavy atom. The highest BCUT2D eigenvalue weighted by atomic mass is 16.6. The van der Waals surface area contributed by atoms with Gasteiger partial charge in [-0.05, 0) is 60.8 Å². The first kappa shape index (κ1) is 30.0. The molecule has 0 aromatic heterocycles. The largest absolute Gasteiger partial charge is 0.478 e. The van der Waals surface area contributed by atoms with E-state index in [0.717, 1.165) is 18.4 Å². The molecule has 220 valence electrons. The van der Waals surface area contributed by atoms with Gasteiger partial charge in [0.25, 0.3) is 0 Å². The molecular formula is C30H40O10. The van der Waals surface area contributed by atoms with Crippen molar-refractivity contribution < 1.29 is 48.7 Å². The predicted octanol–water partition coefficient (Wildman–Crippen LogP) is 2.58. The first-order valence-electron chi connectivity index (χ1n) is 14.1. The lowest BCUT2D eigenvalue weighted by Crippen LogP contribution is -2.55. The number of carboxylic acids is 1. The fraction of sp³-hybridized carbons (Fsp3) is 0.667. The lowest BCUT2D eigenvalue weighted by Gasteiger charge is -2.46. The number of cyclic esters (lactones) is 2. The van der Waals surface area contributed by atoms with Crippen LogP contribution in [0.25, 0.3) is 0 Å². The lowest BCUT2D eigenvalue weighted by molar-refractivity contribution is -0.181. The van der Waals surface area contributed by atoms with E-state index in [9.17, 15) is 34.5 Å². The summed E-state index contributed by atoms with van der Waals surface area (Å²) in [5.74, 6) is -5.05. The van der Waals surface area contributed by atoms with Gasteiger partial charge in [0.15, 0.2) is 0 Å². The van der Waals surface area contributed by atoms with Crippen molar-refractivity contribution in [3.05, 3.63) is 34.4 Å². The smallest absolute Gasteiger partial charge is 0.336 e. The summed E-state index contributed by atoms with van der Waals surface area (Å²) in [4.78, 5) is 50.5. The summed E-state index contributed by atoms with van der Waals surface area (Å²) < 4.78 is 16.0. The monoisotopic (exact) mass is 560 g/mol. The Kier molecular flexibility index (Phi) is 8.89.